The third kappa shape index (κ3) is 4.67. The fraction of sp³-hybridized carbons (Fsp3) is 0.348. The van der Waals surface area contributed by atoms with Crippen molar-refractivity contribution in [2.24, 2.45) is 7.05 Å². The number of fused-ring (bicyclic) bond motifs is 2. The van der Waals surface area contributed by atoms with E-state index in [2.05, 4.69) is 20.5 Å². The third-order valence-electron chi connectivity index (χ3n) is 5.84. The number of aliphatic hydroxyl groups is 1. The molecule has 1 aliphatic rings. The Hall–Kier alpha value is -2.72. The maximum absolute atomic E-state index is 12.8. The highest BCUT2D eigenvalue weighted by atomic mass is 35.5. The van der Waals surface area contributed by atoms with Crippen LogP contribution in [-0.2, 0) is 7.05 Å². The molecular formula is C23H25ClN6O2S. The molecule has 0 bridgehead atoms. The Morgan fingerprint density at radius 3 is 2.94 bits per heavy atom. The maximum atomic E-state index is 12.8. The van der Waals surface area contributed by atoms with E-state index >= 15 is 0 Å². The number of halogens is 1. The highest BCUT2D eigenvalue weighted by Crippen LogP contribution is 2.31. The molecule has 0 saturated carbocycles. The lowest BCUT2D eigenvalue weighted by molar-refractivity contribution is 0.0935. The summed E-state index contributed by atoms with van der Waals surface area (Å²) in [6, 6.07) is 11.3. The Morgan fingerprint density at radius 2 is 2.12 bits per heavy atom. The van der Waals surface area contributed by atoms with Crippen LogP contribution in [0.4, 0.5) is 11.1 Å². The predicted octanol–water partition coefficient (Wildman–Crippen LogP) is 3.76. The van der Waals surface area contributed by atoms with E-state index in [0.29, 0.717) is 23.1 Å². The van der Waals surface area contributed by atoms with E-state index in [4.69, 9.17) is 16.6 Å². The Bertz CT molecular complexity index is 1330. The minimum atomic E-state index is -0.366. The van der Waals surface area contributed by atoms with Gasteiger partial charge in [-0.25, -0.2) is 9.97 Å². The fourth-order valence-corrected chi connectivity index (χ4v) is 5.39. The molecule has 2 aromatic carbocycles. The zero-order chi connectivity index (χ0) is 23.1. The number of carbonyl (C=O) groups excluding carboxylic acids is 1. The second-order valence-corrected chi connectivity index (χ2v) is 9.99. The van der Waals surface area contributed by atoms with Gasteiger partial charge in [0, 0.05) is 43.3 Å². The third-order valence-corrected chi connectivity index (χ3v) is 7.01. The number of benzene rings is 2. The van der Waals surface area contributed by atoms with Crippen LogP contribution < -0.4 is 10.6 Å². The number of anilines is 2. The van der Waals surface area contributed by atoms with E-state index in [9.17, 15) is 9.90 Å². The lowest BCUT2D eigenvalue weighted by Gasteiger charge is -2.18. The smallest absolute Gasteiger partial charge is 0.251 e. The Morgan fingerprint density at radius 1 is 1.27 bits per heavy atom. The SMILES string of the molecule is C[C@@H](O)CN1CC[C@@H](NC(=O)c2ccc3c(c2)nc(Nc2nc4ccc(Cl)cc4s2)n3C)C1. The molecular weight excluding hydrogens is 460 g/mol. The Balaban J connectivity index is 1.31. The number of β-amino-alcohol motifs (C(OH)–C–C–N with tert-alkyl or cyclic N) is 1. The normalized spacial score (nSPS) is 17.6. The van der Waals surface area contributed by atoms with Crippen molar-refractivity contribution in [2.45, 2.75) is 25.5 Å². The Labute approximate surface area is 200 Å². The summed E-state index contributed by atoms with van der Waals surface area (Å²) >= 11 is 7.60. The van der Waals surface area contributed by atoms with Crippen molar-refractivity contribution in [3.8, 4) is 0 Å². The van der Waals surface area contributed by atoms with Crippen LogP contribution in [0.2, 0.25) is 5.02 Å². The predicted molar refractivity (Wildman–Crippen MR) is 133 cm³/mol. The average Bonchev–Trinajstić information content (AvgIpc) is 3.45. The second-order valence-electron chi connectivity index (χ2n) is 8.52. The highest BCUT2D eigenvalue weighted by Gasteiger charge is 2.25. The molecule has 8 nitrogen and oxygen atoms in total. The number of thiazole rings is 1. The van der Waals surface area contributed by atoms with Gasteiger partial charge in [-0.05, 0) is 49.7 Å². The van der Waals surface area contributed by atoms with Crippen LogP contribution in [0.5, 0.6) is 0 Å². The second kappa shape index (κ2) is 8.90. The first-order valence-electron chi connectivity index (χ1n) is 10.9. The number of rotatable bonds is 6. The van der Waals surface area contributed by atoms with Gasteiger partial charge in [0.05, 0.1) is 27.4 Å². The van der Waals surface area contributed by atoms with Gasteiger partial charge in [-0.15, -0.1) is 0 Å². The van der Waals surface area contributed by atoms with Gasteiger partial charge in [0.2, 0.25) is 5.95 Å². The van der Waals surface area contributed by atoms with E-state index in [-0.39, 0.29) is 18.1 Å². The maximum Gasteiger partial charge on any atom is 0.251 e. The molecule has 3 heterocycles. The minimum Gasteiger partial charge on any atom is -0.392 e. The van der Waals surface area contributed by atoms with E-state index in [1.165, 1.54) is 11.3 Å². The topological polar surface area (TPSA) is 95.3 Å². The molecule has 2 aromatic heterocycles. The summed E-state index contributed by atoms with van der Waals surface area (Å²) in [5.74, 6) is 0.543. The first-order valence-corrected chi connectivity index (χ1v) is 12.1. The molecule has 1 fully saturated rings. The molecule has 0 radical (unpaired) electrons. The highest BCUT2D eigenvalue weighted by molar-refractivity contribution is 7.22. The van der Waals surface area contributed by atoms with Crippen molar-refractivity contribution >= 4 is 61.2 Å². The molecule has 1 amide bonds. The van der Waals surface area contributed by atoms with Gasteiger partial charge >= 0.3 is 0 Å². The molecule has 0 aliphatic carbocycles. The lowest BCUT2D eigenvalue weighted by atomic mass is 10.1. The van der Waals surface area contributed by atoms with Crippen LogP contribution in [0, 0.1) is 0 Å². The molecule has 10 heteroatoms. The van der Waals surface area contributed by atoms with Gasteiger partial charge in [-0.1, -0.05) is 22.9 Å². The minimum absolute atomic E-state index is 0.0837. The van der Waals surface area contributed by atoms with Gasteiger partial charge in [0.25, 0.3) is 5.91 Å². The number of amides is 1. The largest absolute Gasteiger partial charge is 0.392 e. The Kier molecular flexibility index (Phi) is 5.96. The molecule has 2 atom stereocenters. The number of aromatic nitrogens is 3. The lowest BCUT2D eigenvalue weighted by Crippen LogP contribution is -2.38. The fourth-order valence-electron chi connectivity index (χ4n) is 4.26. The number of carbonyl (C=O) groups is 1. The summed E-state index contributed by atoms with van der Waals surface area (Å²) in [5, 5.41) is 17.4. The number of hydrogen-bond acceptors (Lipinski definition) is 7. The van der Waals surface area contributed by atoms with Gasteiger partial charge in [-0.2, -0.15) is 0 Å². The number of hydrogen-bond donors (Lipinski definition) is 3. The van der Waals surface area contributed by atoms with E-state index < -0.39 is 0 Å². The van der Waals surface area contributed by atoms with E-state index in [0.717, 1.165) is 45.9 Å². The molecule has 5 rings (SSSR count). The molecule has 4 aromatic rings. The van der Waals surface area contributed by atoms with E-state index in [1.54, 1.807) is 6.92 Å². The molecule has 0 spiro atoms. The summed E-state index contributed by atoms with van der Waals surface area (Å²) in [7, 11) is 1.93. The monoisotopic (exact) mass is 484 g/mol. The van der Waals surface area contributed by atoms with Gasteiger partial charge < -0.3 is 20.3 Å². The van der Waals surface area contributed by atoms with Crippen molar-refractivity contribution in [1.82, 2.24) is 24.8 Å². The average molecular weight is 485 g/mol. The van der Waals surface area contributed by atoms with Crippen LogP contribution in [0.25, 0.3) is 21.3 Å². The van der Waals surface area contributed by atoms with Crippen LogP contribution in [0.15, 0.2) is 36.4 Å². The van der Waals surface area contributed by atoms with E-state index in [1.807, 2.05) is 48.0 Å². The van der Waals surface area contributed by atoms with Crippen LogP contribution in [-0.4, -0.2) is 62.2 Å². The van der Waals surface area contributed by atoms with Crippen molar-refractivity contribution in [3.63, 3.8) is 0 Å². The van der Waals surface area contributed by atoms with Gasteiger partial charge in [-0.3, -0.25) is 9.69 Å². The number of aryl methyl sites for hydroxylation is 1. The molecule has 1 aliphatic heterocycles. The molecule has 172 valence electrons. The van der Waals surface area contributed by atoms with Crippen molar-refractivity contribution < 1.29 is 9.90 Å². The molecule has 0 unspecified atom stereocenters. The van der Waals surface area contributed by atoms with Crippen molar-refractivity contribution in [1.29, 1.82) is 0 Å². The summed E-state index contributed by atoms with van der Waals surface area (Å²) in [5.41, 5.74) is 3.11. The standard InChI is InChI=1S/C23H25ClN6O2S/c1-13(31)11-30-8-7-16(12-30)25-21(32)14-3-6-19-18(9-14)26-22(29(19)2)28-23-27-17-5-4-15(24)10-20(17)33-23/h3-6,9-10,13,16,31H,7-8,11-12H2,1-2H3,(H,25,32)(H,26,27,28)/t13-,16-/m1/s1. The van der Waals surface area contributed by atoms with Crippen LogP contribution in [0.3, 0.4) is 0 Å². The summed E-state index contributed by atoms with van der Waals surface area (Å²) in [6.45, 7) is 4.04. The first kappa shape index (κ1) is 22.1. The number of nitrogens with one attached hydrogen (secondary N) is 2. The summed E-state index contributed by atoms with van der Waals surface area (Å²) in [4.78, 5) is 24.3. The molecule has 3 N–H and O–H groups in total. The quantitative estimate of drug-likeness (QED) is 0.385. The molecule has 1 saturated heterocycles. The molecule has 33 heavy (non-hydrogen) atoms. The zero-order valence-electron chi connectivity index (χ0n) is 18.4. The summed E-state index contributed by atoms with van der Waals surface area (Å²) < 4.78 is 2.95. The first-order chi connectivity index (χ1) is 15.9. The van der Waals surface area contributed by atoms with Crippen molar-refractivity contribution in [2.75, 3.05) is 25.0 Å². The van der Waals surface area contributed by atoms with Crippen LogP contribution in [0.1, 0.15) is 23.7 Å². The van der Waals surface area contributed by atoms with Crippen molar-refractivity contribution in [3.05, 3.63) is 47.0 Å². The number of aliphatic hydroxyl groups excluding tert-OH is 1. The van der Waals surface area contributed by atoms with Gasteiger partial charge in [0.1, 0.15) is 0 Å². The number of nitrogens with zero attached hydrogens (tertiary/aromatic N) is 4. The number of likely N-dealkylation sites (tertiary alicyclic amines) is 1. The van der Waals surface area contributed by atoms with Crippen LogP contribution >= 0.6 is 22.9 Å². The number of imidazole rings is 1. The van der Waals surface area contributed by atoms with Gasteiger partial charge in [0.15, 0.2) is 5.13 Å². The summed E-state index contributed by atoms with van der Waals surface area (Å²) in [6.07, 6.45) is 0.514. The zero-order valence-corrected chi connectivity index (χ0v) is 20.0.